The zero-order valence-electron chi connectivity index (χ0n) is 9.39. The Morgan fingerprint density at radius 3 is 0.474 bits per heavy atom. The summed E-state index contributed by atoms with van der Waals surface area (Å²) in [5.41, 5.74) is 0. The van der Waals surface area contributed by atoms with Crippen LogP contribution in [0.15, 0.2) is 0 Å². The first-order chi connectivity index (χ1) is 2.00. The van der Waals surface area contributed by atoms with Crippen LogP contribution >= 0.6 is 0 Å². The summed E-state index contributed by atoms with van der Waals surface area (Å²) >= 11 is 0. The third-order valence-corrected chi connectivity index (χ3v) is 0. The van der Waals surface area contributed by atoms with E-state index in [9.17, 15) is 0 Å². The molecule has 0 fully saturated rings. The molecule has 0 radical (unpaired) electrons. The Morgan fingerprint density at radius 2 is 0.474 bits per heavy atom. The molecule has 0 saturated carbocycles. The van der Waals surface area contributed by atoms with Crippen molar-refractivity contribution in [2.45, 2.75) is 0 Å². The number of rotatable bonds is 0. The molecule has 0 aliphatic carbocycles. The Labute approximate surface area is 160 Å². The van der Waals surface area contributed by atoms with Crippen LogP contribution in [0.1, 0.15) is 0 Å². The van der Waals surface area contributed by atoms with Gasteiger partial charge in [0.15, 0.2) is 0 Å². The van der Waals surface area contributed by atoms with Crippen LogP contribution in [0.3, 0.4) is 0 Å². The Balaban J connectivity index is -0.000000000879. The fraction of sp³-hybridized carbons (Fsp3) is 0. The molecular weight excluding hydrogens is 383 g/mol. The van der Waals surface area contributed by atoms with Gasteiger partial charge in [-0.1, -0.05) is 0 Å². The van der Waals surface area contributed by atoms with Gasteiger partial charge < -0.3 is 74.8 Å². The van der Waals surface area contributed by atoms with E-state index in [1.807, 2.05) is 0 Å². The normalized spacial score (nSPS) is 3.05. The van der Waals surface area contributed by atoms with Crippen molar-refractivity contribution < 1.29 is 152 Å². The molecule has 0 unspecified atom stereocenters. The molecule has 0 rings (SSSR count). The van der Waals surface area contributed by atoms with E-state index < -0.39 is 10.4 Å². The molecule has 0 aliphatic heterocycles. The summed E-state index contributed by atoms with van der Waals surface area (Å²) in [6.45, 7) is 0. The van der Waals surface area contributed by atoms with Crippen LogP contribution in [-0.4, -0.2) is 83.2 Å². The summed E-state index contributed by atoms with van der Waals surface area (Å²) in [5, 5.41) is 0. The van der Waals surface area contributed by atoms with Crippen LogP contribution < -0.4 is 51.4 Å². The van der Waals surface area contributed by atoms with Gasteiger partial charge in [0.2, 0.25) is 0 Å². The molecule has 0 aromatic heterocycles. The monoisotopic (exact) mass is 407 g/mol. The molecule has 0 amide bonds. The molecule has 0 aliphatic rings. The van der Waals surface area contributed by atoms with Crippen molar-refractivity contribution >= 4 is 10.4 Å². The van der Waals surface area contributed by atoms with Gasteiger partial charge >= 0.3 is 68.5 Å². The maximum Gasteiger partial charge on any atom is 2.00 e. The first kappa shape index (κ1) is 255. The standard InChI is InChI=1S/Fe.K.H2O4S.12H2O/c;;1-5(2,3)4;;;;;;;;;;;;/h;;(H2,1,2,3,4);12*1H2/q+2;+1;;;;;;;;;;;;;/p-2. The van der Waals surface area contributed by atoms with Crippen LogP contribution in [0.2, 0.25) is 0 Å². The largest absolute Gasteiger partial charge is 2.00 e. The van der Waals surface area contributed by atoms with Crippen LogP contribution in [0, 0.1) is 0 Å². The van der Waals surface area contributed by atoms with E-state index in [4.69, 9.17) is 17.5 Å². The SMILES string of the molecule is O.O.O.O.O.O.O.O.O.O.O.O.O=S(=O)([O-])[O-].[Fe+2].[K+]. The van der Waals surface area contributed by atoms with E-state index in [1.54, 1.807) is 0 Å². The average Bonchev–Trinajstić information content (AvgIpc) is 0.722. The summed E-state index contributed by atoms with van der Waals surface area (Å²) in [7, 11) is -5.17. The smallest absolute Gasteiger partial charge is 0.759 e. The Hall–Kier alpha value is 1.55. The Morgan fingerprint density at radius 1 is 0.474 bits per heavy atom. The van der Waals surface area contributed by atoms with Gasteiger partial charge in [0.05, 0.1) is 0 Å². The molecule has 19 heteroatoms. The van der Waals surface area contributed by atoms with Crippen LogP contribution in [-0.2, 0) is 27.5 Å². The summed E-state index contributed by atoms with van der Waals surface area (Å²) in [4.78, 5) is 0. The number of hydrogen-bond donors (Lipinski definition) is 0. The molecular formula is H24FeKO16S+. The van der Waals surface area contributed by atoms with Crippen LogP contribution in [0.4, 0.5) is 0 Å². The van der Waals surface area contributed by atoms with Crippen molar-refractivity contribution in [2.24, 2.45) is 0 Å². The topological polar surface area (TPSA) is 458 Å². The second kappa shape index (κ2) is 118. The Bertz CT molecular complexity index is 99.9. The van der Waals surface area contributed by atoms with Crippen LogP contribution in [0.5, 0.6) is 0 Å². The molecule has 0 atom stereocenters. The molecule has 0 heterocycles. The minimum atomic E-state index is -5.17. The molecule has 19 heavy (non-hydrogen) atoms. The minimum absolute atomic E-state index is 0. The molecule has 0 bridgehead atoms. The molecule has 0 aromatic rings. The van der Waals surface area contributed by atoms with Crippen molar-refractivity contribution in [3.8, 4) is 0 Å². The zero-order chi connectivity index (χ0) is 4.50. The first-order valence-corrected chi connectivity index (χ1v) is 2.00. The van der Waals surface area contributed by atoms with Crippen molar-refractivity contribution in [2.75, 3.05) is 0 Å². The van der Waals surface area contributed by atoms with Gasteiger partial charge in [-0.3, -0.25) is 8.42 Å². The van der Waals surface area contributed by atoms with E-state index in [2.05, 4.69) is 0 Å². The van der Waals surface area contributed by atoms with E-state index in [-0.39, 0.29) is 134 Å². The van der Waals surface area contributed by atoms with E-state index in [0.29, 0.717) is 0 Å². The summed E-state index contributed by atoms with van der Waals surface area (Å²) in [6.07, 6.45) is 0. The summed E-state index contributed by atoms with van der Waals surface area (Å²) < 4.78 is 34.1. The maximum absolute atomic E-state index is 8.52. The van der Waals surface area contributed by atoms with Crippen molar-refractivity contribution in [3.63, 3.8) is 0 Å². The summed E-state index contributed by atoms with van der Waals surface area (Å²) in [5.74, 6) is 0. The molecule has 16 nitrogen and oxygen atoms in total. The van der Waals surface area contributed by atoms with E-state index >= 15 is 0 Å². The average molecular weight is 407 g/mol. The quantitative estimate of drug-likeness (QED) is 0.214. The van der Waals surface area contributed by atoms with Crippen molar-refractivity contribution in [1.29, 1.82) is 0 Å². The molecule has 134 valence electrons. The predicted molar refractivity (Wildman–Crippen MR) is 53.8 cm³/mol. The molecule has 0 aromatic carbocycles. The Kier molecular flexibility index (Phi) is 1590. The predicted octanol–water partition coefficient (Wildman–Crippen LogP) is -14.2. The maximum atomic E-state index is 8.52. The van der Waals surface area contributed by atoms with Gasteiger partial charge in [-0.2, -0.15) is 0 Å². The molecule has 24 N–H and O–H groups in total. The second-order valence-corrected chi connectivity index (χ2v) is 1.22. The second-order valence-electron chi connectivity index (χ2n) is 0.408. The minimum Gasteiger partial charge on any atom is -0.759 e. The first-order valence-electron chi connectivity index (χ1n) is 0.667. The van der Waals surface area contributed by atoms with Gasteiger partial charge in [0.1, 0.15) is 0 Å². The van der Waals surface area contributed by atoms with Gasteiger partial charge in [-0.25, -0.2) is 0 Å². The van der Waals surface area contributed by atoms with Gasteiger partial charge in [-0.05, 0) is 0 Å². The van der Waals surface area contributed by atoms with Crippen molar-refractivity contribution in [1.82, 2.24) is 0 Å². The van der Waals surface area contributed by atoms with Gasteiger partial charge in [0, 0.05) is 10.4 Å². The molecule has 0 spiro atoms. The number of hydrogen-bond acceptors (Lipinski definition) is 4. The third-order valence-electron chi connectivity index (χ3n) is 0. The van der Waals surface area contributed by atoms with Gasteiger partial charge in [0.25, 0.3) is 0 Å². The van der Waals surface area contributed by atoms with E-state index in [0.717, 1.165) is 0 Å². The van der Waals surface area contributed by atoms with Crippen molar-refractivity contribution in [3.05, 3.63) is 0 Å². The summed E-state index contributed by atoms with van der Waals surface area (Å²) in [6, 6.07) is 0. The third kappa shape index (κ3) is 2520. The van der Waals surface area contributed by atoms with Gasteiger partial charge in [-0.15, -0.1) is 0 Å². The molecule has 0 saturated heterocycles. The fourth-order valence-electron chi connectivity index (χ4n) is 0. The van der Waals surface area contributed by atoms with E-state index in [1.165, 1.54) is 0 Å². The van der Waals surface area contributed by atoms with Crippen LogP contribution in [0.25, 0.3) is 0 Å². The fourth-order valence-corrected chi connectivity index (χ4v) is 0. The zero-order valence-corrected chi connectivity index (χ0v) is 14.4.